The van der Waals surface area contributed by atoms with E-state index in [2.05, 4.69) is 37.6 Å². The summed E-state index contributed by atoms with van der Waals surface area (Å²) in [4.78, 5) is 12.4. The van der Waals surface area contributed by atoms with Crippen molar-refractivity contribution >= 4 is 33.5 Å². The molecule has 1 saturated carbocycles. The Balaban J connectivity index is 1.68. The predicted molar refractivity (Wildman–Crippen MR) is 93.4 cm³/mol. The van der Waals surface area contributed by atoms with Crippen LogP contribution in [0.5, 0.6) is 5.75 Å². The van der Waals surface area contributed by atoms with Crippen molar-refractivity contribution in [1.29, 1.82) is 0 Å². The van der Waals surface area contributed by atoms with Crippen LogP contribution in [0.15, 0.2) is 27.8 Å². The first-order valence-corrected chi connectivity index (χ1v) is 9.34. The molecule has 5 nitrogen and oxygen atoms in total. The molecule has 2 aromatic rings. The molecule has 0 amide bonds. The highest BCUT2D eigenvalue weighted by atomic mass is 79.9. The molecular weight excluding hydrogens is 378 g/mol. The number of rotatable bonds is 7. The molecule has 0 bridgehead atoms. The molecule has 1 aliphatic carbocycles. The average Bonchev–Trinajstić information content (AvgIpc) is 3.32. The Bertz CT molecular complexity index is 728. The lowest BCUT2D eigenvalue weighted by Crippen LogP contribution is -2.06. The maximum atomic E-state index is 12.4. The summed E-state index contributed by atoms with van der Waals surface area (Å²) >= 11 is 4.86. The lowest BCUT2D eigenvalue weighted by molar-refractivity contribution is 0.102. The van der Waals surface area contributed by atoms with Crippen molar-refractivity contribution in [3.8, 4) is 5.75 Å². The zero-order valence-electron chi connectivity index (χ0n) is 13.1. The number of hydrogen-bond donors (Lipinski definition) is 0. The van der Waals surface area contributed by atoms with Gasteiger partial charge in [0.25, 0.3) is 0 Å². The van der Waals surface area contributed by atoms with Gasteiger partial charge in [-0.05, 0) is 53.9 Å². The average molecular weight is 396 g/mol. The second-order valence-corrected chi connectivity index (χ2v) is 7.22. The minimum Gasteiger partial charge on any atom is -0.496 e. The molecule has 0 radical (unpaired) electrons. The quantitative estimate of drug-likeness (QED) is 0.525. The van der Waals surface area contributed by atoms with Crippen molar-refractivity contribution in [2.24, 2.45) is 0 Å². The van der Waals surface area contributed by atoms with E-state index >= 15 is 0 Å². The van der Waals surface area contributed by atoms with Crippen molar-refractivity contribution in [1.82, 2.24) is 14.8 Å². The zero-order chi connectivity index (χ0) is 16.4. The maximum absolute atomic E-state index is 12.4. The van der Waals surface area contributed by atoms with Crippen molar-refractivity contribution in [3.63, 3.8) is 0 Å². The highest BCUT2D eigenvalue weighted by Gasteiger charge is 2.30. The Labute approximate surface area is 147 Å². The van der Waals surface area contributed by atoms with Crippen molar-refractivity contribution in [2.45, 2.75) is 37.4 Å². The first-order chi connectivity index (χ1) is 11.1. The number of Topliss-reactive ketones (excluding diaryl/α,β-unsaturated/α-hetero) is 1. The zero-order valence-corrected chi connectivity index (χ0v) is 15.5. The van der Waals surface area contributed by atoms with Crippen LogP contribution in [-0.2, 0) is 6.54 Å². The summed E-state index contributed by atoms with van der Waals surface area (Å²) in [6.07, 6.45) is 2.39. The number of nitrogens with zero attached hydrogens (tertiary/aromatic N) is 3. The van der Waals surface area contributed by atoms with E-state index in [0.717, 1.165) is 22.0 Å². The molecule has 0 spiro atoms. The normalized spacial score (nSPS) is 14.0. The van der Waals surface area contributed by atoms with Crippen LogP contribution in [0.2, 0.25) is 0 Å². The van der Waals surface area contributed by atoms with Crippen LogP contribution in [0.3, 0.4) is 0 Å². The molecule has 1 aliphatic rings. The number of halogens is 1. The van der Waals surface area contributed by atoms with E-state index in [1.165, 1.54) is 24.6 Å². The van der Waals surface area contributed by atoms with Crippen LogP contribution in [-0.4, -0.2) is 33.4 Å². The van der Waals surface area contributed by atoms with Gasteiger partial charge in [-0.1, -0.05) is 11.8 Å². The van der Waals surface area contributed by atoms with E-state index in [-0.39, 0.29) is 5.78 Å². The molecule has 1 fully saturated rings. The lowest BCUT2D eigenvalue weighted by Gasteiger charge is -2.07. The Kier molecular flexibility index (Phi) is 5.06. The summed E-state index contributed by atoms with van der Waals surface area (Å²) < 4.78 is 8.09. The number of thioether (sulfide) groups is 1. The summed E-state index contributed by atoms with van der Waals surface area (Å²) in [7, 11) is 1.60. The maximum Gasteiger partial charge on any atom is 0.191 e. The number of carbonyl (C=O) groups excluding carboxylic acids is 1. The Morgan fingerprint density at radius 1 is 1.43 bits per heavy atom. The van der Waals surface area contributed by atoms with Crippen LogP contribution in [0.25, 0.3) is 0 Å². The lowest BCUT2D eigenvalue weighted by atomic mass is 10.1. The van der Waals surface area contributed by atoms with Gasteiger partial charge in [0.15, 0.2) is 10.9 Å². The van der Waals surface area contributed by atoms with Crippen LogP contribution in [0.1, 0.15) is 41.9 Å². The third kappa shape index (κ3) is 3.61. The smallest absolute Gasteiger partial charge is 0.191 e. The van der Waals surface area contributed by atoms with Gasteiger partial charge in [-0.2, -0.15) is 0 Å². The Hall–Kier alpha value is -1.34. The SMILES string of the molecule is CCn1c(SCC(=O)c2ccc(OC)c(Br)c2)nnc1C1CC1. The van der Waals surface area contributed by atoms with Gasteiger partial charge in [-0.25, -0.2) is 0 Å². The number of hydrogen-bond acceptors (Lipinski definition) is 5. The first-order valence-electron chi connectivity index (χ1n) is 7.56. The number of ether oxygens (including phenoxy) is 1. The number of methoxy groups -OCH3 is 1. The highest BCUT2D eigenvalue weighted by molar-refractivity contribution is 9.10. The van der Waals surface area contributed by atoms with E-state index in [9.17, 15) is 4.79 Å². The topological polar surface area (TPSA) is 57.0 Å². The van der Waals surface area contributed by atoms with Gasteiger partial charge in [0.2, 0.25) is 0 Å². The Morgan fingerprint density at radius 3 is 2.83 bits per heavy atom. The van der Waals surface area contributed by atoms with Gasteiger partial charge in [-0.15, -0.1) is 10.2 Å². The van der Waals surface area contributed by atoms with Gasteiger partial charge in [0.05, 0.1) is 17.3 Å². The number of aromatic nitrogens is 3. The second-order valence-electron chi connectivity index (χ2n) is 5.42. The van der Waals surface area contributed by atoms with Gasteiger partial charge >= 0.3 is 0 Å². The predicted octanol–water partition coefficient (Wildman–Crippen LogP) is 3.92. The molecule has 0 aliphatic heterocycles. The second kappa shape index (κ2) is 7.05. The summed E-state index contributed by atoms with van der Waals surface area (Å²) in [5.41, 5.74) is 0.662. The minimum absolute atomic E-state index is 0.0666. The van der Waals surface area contributed by atoms with E-state index in [1.54, 1.807) is 25.3 Å². The van der Waals surface area contributed by atoms with Crippen molar-refractivity contribution in [3.05, 3.63) is 34.1 Å². The summed E-state index contributed by atoms with van der Waals surface area (Å²) in [6.45, 7) is 2.92. The highest BCUT2D eigenvalue weighted by Crippen LogP contribution is 2.40. The molecule has 0 N–H and O–H groups in total. The number of benzene rings is 1. The van der Waals surface area contributed by atoms with Crippen LogP contribution >= 0.6 is 27.7 Å². The van der Waals surface area contributed by atoms with Gasteiger partial charge in [0.1, 0.15) is 11.6 Å². The Morgan fingerprint density at radius 2 is 2.22 bits per heavy atom. The minimum atomic E-state index is 0.0666. The standard InChI is InChI=1S/C16H18BrN3O2S/c1-3-20-15(10-4-5-10)18-19-16(20)23-9-13(21)11-6-7-14(22-2)12(17)8-11/h6-8,10H,3-5,9H2,1-2H3. The largest absolute Gasteiger partial charge is 0.496 e. The summed E-state index contributed by atoms with van der Waals surface area (Å²) in [5, 5.41) is 9.38. The fourth-order valence-corrected chi connectivity index (χ4v) is 3.85. The number of carbonyl (C=O) groups is 1. The van der Waals surface area contributed by atoms with Crippen LogP contribution in [0, 0.1) is 0 Å². The van der Waals surface area contributed by atoms with Crippen molar-refractivity contribution in [2.75, 3.05) is 12.9 Å². The van der Waals surface area contributed by atoms with E-state index in [0.29, 0.717) is 23.0 Å². The molecule has 0 saturated heterocycles. The molecule has 7 heteroatoms. The molecule has 1 aromatic carbocycles. The van der Waals surface area contributed by atoms with Crippen LogP contribution in [0.4, 0.5) is 0 Å². The van der Waals surface area contributed by atoms with Gasteiger partial charge in [0, 0.05) is 18.0 Å². The summed E-state index contributed by atoms with van der Waals surface area (Å²) in [5.74, 6) is 2.76. The number of ketones is 1. The van der Waals surface area contributed by atoms with E-state index in [4.69, 9.17) is 4.74 Å². The van der Waals surface area contributed by atoms with Crippen LogP contribution < -0.4 is 4.74 Å². The van der Waals surface area contributed by atoms with Crippen molar-refractivity contribution < 1.29 is 9.53 Å². The third-order valence-corrected chi connectivity index (χ3v) is 5.40. The molecule has 23 heavy (non-hydrogen) atoms. The third-order valence-electron chi connectivity index (χ3n) is 3.81. The molecule has 3 rings (SSSR count). The fourth-order valence-electron chi connectivity index (χ4n) is 2.40. The summed E-state index contributed by atoms with van der Waals surface area (Å²) in [6, 6.07) is 5.37. The molecule has 1 heterocycles. The van der Waals surface area contributed by atoms with Gasteiger partial charge < -0.3 is 9.30 Å². The first kappa shape index (κ1) is 16.5. The molecular formula is C16H18BrN3O2S. The molecule has 122 valence electrons. The fraction of sp³-hybridized carbons (Fsp3) is 0.438. The molecule has 0 atom stereocenters. The molecule has 1 aromatic heterocycles. The van der Waals surface area contributed by atoms with Gasteiger partial charge in [-0.3, -0.25) is 4.79 Å². The van der Waals surface area contributed by atoms with E-state index in [1.807, 2.05) is 0 Å². The monoisotopic (exact) mass is 395 g/mol. The van der Waals surface area contributed by atoms with E-state index < -0.39 is 0 Å². The molecule has 0 unspecified atom stereocenters.